The zero-order valence-corrected chi connectivity index (χ0v) is 15.8. The number of rotatable bonds is 8. The molecule has 1 atom stereocenters. The van der Waals surface area contributed by atoms with E-state index < -0.39 is 11.6 Å². The number of fused-ring (bicyclic) bond motifs is 1. The molecule has 2 rings (SSSR count). The monoisotopic (exact) mass is 359 g/mol. The molecular formula is C19H25N3O4. The number of amides is 1. The van der Waals surface area contributed by atoms with Crippen molar-refractivity contribution < 1.29 is 19.1 Å². The second kappa shape index (κ2) is 8.51. The third-order valence-corrected chi connectivity index (χ3v) is 3.73. The summed E-state index contributed by atoms with van der Waals surface area (Å²) in [6.45, 7) is 5.55. The van der Waals surface area contributed by atoms with E-state index in [0.29, 0.717) is 17.9 Å². The Morgan fingerprint density at radius 1 is 1.31 bits per heavy atom. The normalized spacial score (nSPS) is 12.8. The molecule has 1 heterocycles. The van der Waals surface area contributed by atoms with Gasteiger partial charge in [0.2, 0.25) is 0 Å². The smallest absolute Gasteiger partial charge is 0.261 e. The van der Waals surface area contributed by atoms with Crippen molar-refractivity contribution in [3.63, 3.8) is 0 Å². The third-order valence-electron chi connectivity index (χ3n) is 3.73. The van der Waals surface area contributed by atoms with Crippen LogP contribution in [0.4, 0.5) is 0 Å². The van der Waals surface area contributed by atoms with Gasteiger partial charge in [0.05, 0.1) is 30.6 Å². The van der Waals surface area contributed by atoms with Gasteiger partial charge < -0.3 is 19.6 Å². The number of nitrogens with one attached hydrogen (secondary N) is 1. The molecular weight excluding hydrogens is 334 g/mol. The van der Waals surface area contributed by atoms with Gasteiger partial charge in [0.1, 0.15) is 18.6 Å². The molecule has 0 fully saturated rings. The Hall–Kier alpha value is -2.83. The Bertz CT molecular complexity index is 789. The number of oxime groups is 1. The Kier molecular flexibility index (Phi) is 6.38. The highest BCUT2D eigenvalue weighted by molar-refractivity contribution is 5.86. The number of aromatic nitrogens is 1. The summed E-state index contributed by atoms with van der Waals surface area (Å²) in [5, 5.41) is 7.49. The summed E-state index contributed by atoms with van der Waals surface area (Å²) in [5.41, 5.74) is 0.178. The minimum atomic E-state index is -0.648. The van der Waals surface area contributed by atoms with E-state index in [1.165, 1.54) is 13.3 Å². The van der Waals surface area contributed by atoms with E-state index in [1.54, 1.807) is 19.4 Å². The zero-order chi connectivity index (χ0) is 19.2. The second-order valence-electron chi connectivity index (χ2n) is 6.37. The molecule has 0 bridgehead atoms. The molecule has 140 valence electrons. The second-order valence-corrected chi connectivity index (χ2v) is 6.37. The number of nitrogens with zero attached hydrogens (tertiary/aromatic N) is 2. The summed E-state index contributed by atoms with van der Waals surface area (Å²) in [6, 6.07) is 7.37. The first-order valence-corrected chi connectivity index (χ1v) is 8.38. The highest BCUT2D eigenvalue weighted by Crippen LogP contribution is 2.24. The third kappa shape index (κ3) is 5.08. The minimum absolute atomic E-state index is 0.219. The van der Waals surface area contributed by atoms with Crippen molar-refractivity contribution >= 4 is 23.0 Å². The topological polar surface area (TPSA) is 82.0 Å². The van der Waals surface area contributed by atoms with Crippen LogP contribution in [-0.2, 0) is 9.63 Å². The first-order valence-electron chi connectivity index (χ1n) is 8.38. The van der Waals surface area contributed by atoms with E-state index in [1.807, 2.05) is 39.0 Å². The molecule has 0 spiro atoms. The SMILES string of the molecule is CCC(Oc1ccc2ncc(OC)cc2c1)C(=O)NC(C)(C)C=NOC. The van der Waals surface area contributed by atoms with Crippen molar-refractivity contribution in [2.75, 3.05) is 14.2 Å². The maximum Gasteiger partial charge on any atom is 0.261 e. The quantitative estimate of drug-likeness (QED) is 0.579. The molecule has 1 amide bonds. The van der Waals surface area contributed by atoms with E-state index in [9.17, 15) is 4.79 Å². The molecule has 26 heavy (non-hydrogen) atoms. The Morgan fingerprint density at radius 3 is 2.69 bits per heavy atom. The zero-order valence-electron chi connectivity index (χ0n) is 15.8. The molecule has 0 aliphatic carbocycles. The molecule has 1 aromatic carbocycles. The van der Waals surface area contributed by atoms with E-state index >= 15 is 0 Å². The van der Waals surface area contributed by atoms with Gasteiger partial charge in [0, 0.05) is 5.39 Å². The fourth-order valence-corrected chi connectivity index (χ4v) is 2.38. The summed E-state index contributed by atoms with van der Waals surface area (Å²) in [7, 11) is 3.05. The fourth-order valence-electron chi connectivity index (χ4n) is 2.38. The number of ether oxygens (including phenoxy) is 2. The summed E-state index contributed by atoms with van der Waals surface area (Å²) in [4.78, 5) is 21.5. The summed E-state index contributed by atoms with van der Waals surface area (Å²) < 4.78 is 11.1. The van der Waals surface area contributed by atoms with Crippen molar-refractivity contribution in [2.24, 2.45) is 5.16 Å². The van der Waals surface area contributed by atoms with Crippen molar-refractivity contribution in [2.45, 2.75) is 38.8 Å². The van der Waals surface area contributed by atoms with Crippen molar-refractivity contribution in [1.82, 2.24) is 10.3 Å². The summed E-state index contributed by atoms with van der Waals surface area (Å²) >= 11 is 0. The molecule has 0 radical (unpaired) electrons. The molecule has 1 N–H and O–H groups in total. The van der Waals surface area contributed by atoms with Gasteiger partial charge in [-0.2, -0.15) is 0 Å². The van der Waals surface area contributed by atoms with Crippen LogP contribution in [0.25, 0.3) is 10.9 Å². The van der Waals surface area contributed by atoms with Crippen molar-refractivity contribution in [3.05, 3.63) is 30.5 Å². The largest absolute Gasteiger partial charge is 0.495 e. The van der Waals surface area contributed by atoms with Crippen LogP contribution in [0, 0.1) is 0 Å². The van der Waals surface area contributed by atoms with Crippen molar-refractivity contribution in [1.29, 1.82) is 0 Å². The van der Waals surface area contributed by atoms with Crippen molar-refractivity contribution in [3.8, 4) is 11.5 Å². The lowest BCUT2D eigenvalue weighted by molar-refractivity contribution is -0.129. The van der Waals surface area contributed by atoms with E-state index in [0.717, 1.165) is 10.9 Å². The van der Waals surface area contributed by atoms with Crippen LogP contribution >= 0.6 is 0 Å². The number of pyridine rings is 1. The lowest BCUT2D eigenvalue weighted by Crippen LogP contribution is -2.50. The summed E-state index contributed by atoms with van der Waals surface area (Å²) in [5.74, 6) is 1.04. The molecule has 1 unspecified atom stereocenters. The predicted octanol–water partition coefficient (Wildman–Crippen LogP) is 2.93. The first-order chi connectivity index (χ1) is 12.4. The van der Waals surface area contributed by atoms with Crippen LogP contribution in [0.15, 0.2) is 35.6 Å². The van der Waals surface area contributed by atoms with Gasteiger partial charge in [-0.1, -0.05) is 12.1 Å². The number of hydrogen-bond donors (Lipinski definition) is 1. The van der Waals surface area contributed by atoms with Gasteiger partial charge in [-0.3, -0.25) is 9.78 Å². The molecule has 2 aromatic rings. The van der Waals surface area contributed by atoms with Crippen LogP contribution in [0.5, 0.6) is 11.5 Å². The molecule has 0 aliphatic heterocycles. The van der Waals surface area contributed by atoms with Gasteiger partial charge in [-0.15, -0.1) is 0 Å². The predicted molar refractivity (Wildman–Crippen MR) is 101 cm³/mol. The van der Waals surface area contributed by atoms with Crippen LogP contribution in [0.3, 0.4) is 0 Å². The Balaban J connectivity index is 2.14. The van der Waals surface area contributed by atoms with Gasteiger partial charge in [0.25, 0.3) is 5.91 Å². The Labute approximate surface area is 153 Å². The number of carbonyl (C=O) groups excluding carboxylic acids is 1. The fraction of sp³-hybridized carbons (Fsp3) is 0.421. The standard InChI is InChI=1S/C19H25N3O4/c1-6-17(18(23)22-19(2,3)12-21-25-5)26-14-7-8-16-13(9-14)10-15(24-4)11-20-16/h7-12,17H,6H2,1-5H3,(H,22,23). The van der Waals surface area contributed by atoms with Crippen LogP contribution in [0.1, 0.15) is 27.2 Å². The van der Waals surface area contributed by atoms with Gasteiger partial charge in [-0.05, 0) is 44.5 Å². The lowest BCUT2D eigenvalue weighted by Gasteiger charge is -2.25. The Morgan fingerprint density at radius 2 is 2.04 bits per heavy atom. The molecule has 7 nitrogen and oxygen atoms in total. The van der Waals surface area contributed by atoms with E-state index in [-0.39, 0.29) is 5.91 Å². The number of benzene rings is 1. The van der Waals surface area contributed by atoms with Gasteiger partial charge in [0.15, 0.2) is 6.10 Å². The maximum atomic E-state index is 12.6. The number of carbonyl (C=O) groups is 1. The van der Waals surface area contributed by atoms with E-state index in [2.05, 4.69) is 20.3 Å². The van der Waals surface area contributed by atoms with E-state index in [4.69, 9.17) is 9.47 Å². The minimum Gasteiger partial charge on any atom is -0.495 e. The molecule has 0 aliphatic rings. The maximum absolute atomic E-state index is 12.6. The highest BCUT2D eigenvalue weighted by Gasteiger charge is 2.25. The molecule has 1 aromatic heterocycles. The average Bonchev–Trinajstić information content (AvgIpc) is 2.63. The van der Waals surface area contributed by atoms with Gasteiger partial charge in [-0.25, -0.2) is 0 Å². The van der Waals surface area contributed by atoms with Crippen LogP contribution in [0.2, 0.25) is 0 Å². The molecule has 7 heteroatoms. The molecule has 0 saturated carbocycles. The van der Waals surface area contributed by atoms with Crippen LogP contribution in [-0.4, -0.2) is 43.0 Å². The van der Waals surface area contributed by atoms with Crippen LogP contribution < -0.4 is 14.8 Å². The highest BCUT2D eigenvalue weighted by atomic mass is 16.6. The number of hydrogen-bond acceptors (Lipinski definition) is 6. The average molecular weight is 359 g/mol. The number of methoxy groups -OCH3 is 1. The first kappa shape index (κ1) is 19.5. The lowest BCUT2D eigenvalue weighted by atomic mass is 10.1. The van der Waals surface area contributed by atoms with Gasteiger partial charge >= 0.3 is 0 Å². The summed E-state index contributed by atoms with van der Waals surface area (Å²) in [6.07, 6.45) is 3.10. The molecule has 0 saturated heterocycles.